The molecule has 6 heteroatoms. The molecule has 21 heavy (non-hydrogen) atoms. The SMILES string of the molecule is NC(Cc1cccc(F)c1)c1ccc(Br)cc1C(F)(F)F. The minimum absolute atomic E-state index is 0.00467. The van der Waals surface area contributed by atoms with Crippen molar-refractivity contribution in [3.63, 3.8) is 0 Å². The van der Waals surface area contributed by atoms with Crippen molar-refractivity contribution in [1.82, 2.24) is 0 Å². The largest absolute Gasteiger partial charge is 0.416 e. The summed E-state index contributed by atoms with van der Waals surface area (Å²) in [5.41, 5.74) is 5.66. The van der Waals surface area contributed by atoms with Gasteiger partial charge in [0.25, 0.3) is 0 Å². The molecule has 0 aliphatic rings. The third-order valence-electron chi connectivity index (χ3n) is 3.06. The molecule has 0 bridgehead atoms. The highest BCUT2D eigenvalue weighted by Gasteiger charge is 2.34. The van der Waals surface area contributed by atoms with E-state index in [2.05, 4.69) is 15.9 Å². The minimum Gasteiger partial charge on any atom is -0.324 e. The molecule has 0 amide bonds. The fourth-order valence-electron chi connectivity index (χ4n) is 2.13. The molecular formula is C15H12BrF4N. The van der Waals surface area contributed by atoms with E-state index >= 15 is 0 Å². The molecule has 2 aromatic carbocycles. The summed E-state index contributed by atoms with van der Waals surface area (Å²) in [4.78, 5) is 0. The molecule has 0 heterocycles. The van der Waals surface area contributed by atoms with Gasteiger partial charge < -0.3 is 5.73 Å². The summed E-state index contributed by atoms with van der Waals surface area (Å²) >= 11 is 3.02. The van der Waals surface area contributed by atoms with Crippen LogP contribution in [0.15, 0.2) is 46.9 Å². The first-order valence-electron chi connectivity index (χ1n) is 6.14. The van der Waals surface area contributed by atoms with E-state index in [0.29, 0.717) is 10.0 Å². The molecule has 0 radical (unpaired) electrons. The van der Waals surface area contributed by atoms with Crippen LogP contribution in [0.5, 0.6) is 0 Å². The molecule has 0 aromatic heterocycles. The number of rotatable bonds is 3. The highest BCUT2D eigenvalue weighted by Crippen LogP contribution is 2.36. The lowest BCUT2D eigenvalue weighted by Gasteiger charge is -2.19. The lowest BCUT2D eigenvalue weighted by molar-refractivity contribution is -0.138. The van der Waals surface area contributed by atoms with Gasteiger partial charge in [0.15, 0.2) is 0 Å². The van der Waals surface area contributed by atoms with Crippen molar-refractivity contribution in [2.45, 2.75) is 18.6 Å². The van der Waals surface area contributed by atoms with E-state index in [4.69, 9.17) is 5.73 Å². The van der Waals surface area contributed by atoms with Crippen LogP contribution in [-0.2, 0) is 12.6 Å². The summed E-state index contributed by atoms with van der Waals surface area (Å²) < 4.78 is 52.6. The third kappa shape index (κ3) is 4.04. The van der Waals surface area contributed by atoms with Crippen molar-refractivity contribution in [2.24, 2.45) is 5.73 Å². The Hall–Kier alpha value is -1.40. The smallest absolute Gasteiger partial charge is 0.324 e. The Balaban J connectivity index is 2.33. The molecule has 112 valence electrons. The fraction of sp³-hybridized carbons (Fsp3) is 0.200. The van der Waals surface area contributed by atoms with E-state index in [-0.39, 0.29) is 12.0 Å². The van der Waals surface area contributed by atoms with Gasteiger partial charge >= 0.3 is 6.18 Å². The van der Waals surface area contributed by atoms with Crippen LogP contribution in [0.4, 0.5) is 17.6 Å². The molecule has 2 rings (SSSR count). The molecule has 0 aliphatic heterocycles. The predicted octanol–water partition coefficient (Wildman–Crippen LogP) is 4.85. The van der Waals surface area contributed by atoms with Crippen LogP contribution >= 0.6 is 15.9 Å². The van der Waals surface area contributed by atoms with Gasteiger partial charge in [0.2, 0.25) is 0 Å². The second-order valence-electron chi connectivity index (χ2n) is 4.67. The molecule has 0 saturated carbocycles. The maximum Gasteiger partial charge on any atom is 0.416 e. The van der Waals surface area contributed by atoms with E-state index in [1.807, 2.05) is 0 Å². The summed E-state index contributed by atoms with van der Waals surface area (Å²) in [5.74, 6) is -0.438. The molecule has 0 aliphatic carbocycles. The van der Waals surface area contributed by atoms with Gasteiger partial charge in [-0.1, -0.05) is 34.1 Å². The lowest BCUT2D eigenvalue weighted by atomic mass is 9.95. The zero-order valence-corrected chi connectivity index (χ0v) is 12.4. The maximum atomic E-state index is 13.1. The number of alkyl halides is 3. The standard InChI is InChI=1S/C15H12BrF4N/c16-10-4-5-12(13(8-10)15(18,19)20)14(21)7-9-2-1-3-11(17)6-9/h1-6,8,14H,7,21H2. The predicted molar refractivity (Wildman–Crippen MR) is 76.2 cm³/mol. The summed E-state index contributed by atoms with van der Waals surface area (Å²) in [7, 11) is 0. The number of halogens is 5. The van der Waals surface area contributed by atoms with Crippen LogP contribution in [0, 0.1) is 5.82 Å². The first-order chi connectivity index (χ1) is 9.77. The van der Waals surface area contributed by atoms with Gasteiger partial charge in [-0.15, -0.1) is 0 Å². The van der Waals surface area contributed by atoms with Crippen LogP contribution in [0.3, 0.4) is 0 Å². The summed E-state index contributed by atoms with van der Waals surface area (Å²) in [6, 6.07) is 8.67. The van der Waals surface area contributed by atoms with Crippen LogP contribution < -0.4 is 5.73 Å². The number of hydrogen-bond acceptors (Lipinski definition) is 1. The summed E-state index contributed by atoms with van der Waals surface area (Å²) in [6.45, 7) is 0. The molecule has 0 spiro atoms. The van der Waals surface area contributed by atoms with Gasteiger partial charge in [0.1, 0.15) is 5.82 Å². The molecule has 0 fully saturated rings. The van der Waals surface area contributed by atoms with Gasteiger partial charge in [-0.05, 0) is 41.8 Å². The molecule has 2 aromatic rings. The van der Waals surface area contributed by atoms with Gasteiger partial charge in [-0.3, -0.25) is 0 Å². The summed E-state index contributed by atoms with van der Waals surface area (Å²) in [5, 5.41) is 0. The average molecular weight is 362 g/mol. The number of hydrogen-bond donors (Lipinski definition) is 1. The molecule has 1 atom stereocenters. The molecule has 1 unspecified atom stereocenters. The van der Waals surface area contributed by atoms with Crippen molar-refractivity contribution in [1.29, 1.82) is 0 Å². The van der Waals surface area contributed by atoms with E-state index < -0.39 is 23.6 Å². The third-order valence-corrected chi connectivity index (χ3v) is 3.56. The second kappa shape index (κ2) is 6.15. The van der Waals surface area contributed by atoms with Crippen LogP contribution in [0.2, 0.25) is 0 Å². The first kappa shape index (κ1) is 16.0. The van der Waals surface area contributed by atoms with Crippen LogP contribution in [0.25, 0.3) is 0 Å². The average Bonchev–Trinajstić information content (AvgIpc) is 2.37. The van der Waals surface area contributed by atoms with Crippen LogP contribution in [0.1, 0.15) is 22.7 Å². The number of nitrogens with two attached hydrogens (primary N) is 1. The molecule has 0 saturated heterocycles. The van der Waals surface area contributed by atoms with Crippen molar-refractivity contribution in [3.8, 4) is 0 Å². The highest BCUT2D eigenvalue weighted by molar-refractivity contribution is 9.10. The van der Waals surface area contributed by atoms with Crippen molar-refractivity contribution >= 4 is 15.9 Å². The van der Waals surface area contributed by atoms with Gasteiger partial charge in [-0.25, -0.2) is 4.39 Å². The van der Waals surface area contributed by atoms with Gasteiger partial charge in [-0.2, -0.15) is 13.2 Å². The maximum absolute atomic E-state index is 13.1. The van der Waals surface area contributed by atoms with Crippen LogP contribution in [-0.4, -0.2) is 0 Å². The Morgan fingerprint density at radius 3 is 2.43 bits per heavy atom. The zero-order chi connectivity index (χ0) is 15.6. The Morgan fingerprint density at radius 1 is 1.10 bits per heavy atom. The topological polar surface area (TPSA) is 26.0 Å². The van der Waals surface area contributed by atoms with Gasteiger partial charge in [0, 0.05) is 10.5 Å². The van der Waals surface area contributed by atoms with Crippen molar-refractivity contribution in [3.05, 3.63) is 69.4 Å². The second-order valence-corrected chi connectivity index (χ2v) is 5.59. The van der Waals surface area contributed by atoms with E-state index in [1.165, 1.54) is 30.3 Å². The molecular weight excluding hydrogens is 350 g/mol. The molecule has 1 nitrogen and oxygen atoms in total. The quantitative estimate of drug-likeness (QED) is 0.777. The minimum atomic E-state index is -4.49. The Kier molecular flexibility index (Phi) is 4.68. The fourth-order valence-corrected chi connectivity index (χ4v) is 2.49. The Morgan fingerprint density at radius 2 is 1.81 bits per heavy atom. The normalized spacial score (nSPS) is 13.2. The van der Waals surface area contributed by atoms with E-state index in [0.717, 1.165) is 6.07 Å². The van der Waals surface area contributed by atoms with Crippen molar-refractivity contribution in [2.75, 3.05) is 0 Å². The van der Waals surface area contributed by atoms with E-state index in [1.54, 1.807) is 6.07 Å². The monoisotopic (exact) mass is 361 g/mol. The highest BCUT2D eigenvalue weighted by atomic mass is 79.9. The van der Waals surface area contributed by atoms with Crippen molar-refractivity contribution < 1.29 is 17.6 Å². The van der Waals surface area contributed by atoms with Gasteiger partial charge in [0.05, 0.1) is 5.56 Å². The lowest BCUT2D eigenvalue weighted by Crippen LogP contribution is -2.19. The number of benzene rings is 2. The zero-order valence-electron chi connectivity index (χ0n) is 10.8. The summed E-state index contributed by atoms with van der Waals surface area (Å²) in [6.07, 6.45) is -4.36. The van der Waals surface area contributed by atoms with E-state index in [9.17, 15) is 17.6 Å². The Labute approximate surface area is 127 Å². The Bertz CT molecular complexity index is 640. The molecule has 2 N–H and O–H groups in total. The first-order valence-corrected chi connectivity index (χ1v) is 6.93.